The van der Waals surface area contributed by atoms with Crippen LogP contribution in [0.2, 0.25) is 0 Å². The van der Waals surface area contributed by atoms with E-state index in [1.807, 2.05) is 0 Å². The zero-order valence-electron chi connectivity index (χ0n) is 16.0. The molecule has 0 aliphatic rings. The second-order valence-electron chi connectivity index (χ2n) is 6.88. The molecule has 26 heavy (non-hydrogen) atoms. The van der Waals surface area contributed by atoms with Crippen molar-refractivity contribution in [2.45, 2.75) is 52.6 Å². The van der Waals surface area contributed by atoms with Gasteiger partial charge in [0.15, 0.2) is 0 Å². The lowest BCUT2D eigenvalue weighted by Gasteiger charge is -2.17. The van der Waals surface area contributed by atoms with Crippen LogP contribution >= 0.6 is 0 Å². The predicted molar refractivity (Wildman–Crippen MR) is 104 cm³/mol. The molecule has 0 unspecified atom stereocenters. The number of amides is 1. The number of hydrogen-bond donors (Lipinski definition) is 4. The minimum atomic E-state index is -0.973. The molecule has 0 aromatic carbocycles. The molecule has 0 aliphatic heterocycles. The number of hydrogen-bond acceptors (Lipinski definition) is 5. The molecule has 0 aliphatic carbocycles. The molecular formula is C20H29N3O3. The third-order valence-corrected chi connectivity index (χ3v) is 3.65. The predicted octanol–water partition coefficient (Wildman–Crippen LogP) is 3.64. The van der Waals surface area contributed by atoms with Crippen molar-refractivity contribution in [3.05, 3.63) is 47.0 Å². The van der Waals surface area contributed by atoms with E-state index in [0.717, 1.165) is 12.8 Å². The molecule has 0 saturated heterocycles. The standard InChI is InChI=1S/C20H29N3O3/c1-5-6-7-18(21)17(14(2)24)11-10-16-9-8-15(12-22-16)19(25)23-13-20(3,4)26/h8-12,21,24,26H,5-7,13H2,1-4H3,(H,23,25)/b11-10+,17-14-,21-18?. The van der Waals surface area contributed by atoms with Gasteiger partial charge < -0.3 is 20.9 Å². The van der Waals surface area contributed by atoms with Crippen molar-refractivity contribution >= 4 is 17.7 Å². The Morgan fingerprint density at radius 3 is 2.58 bits per heavy atom. The van der Waals surface area contributed by atoms with E-state index in [1.165, 1.54) is 6.20 Å². The van der Waals surface area contributed by atoms with E-state index in [4.69, 9.17) is 5.41 Å². The van der Waals surface area contributed by atoms with E-state index >= 15 is 0 Å². The fourth-order valence-corrected chi connectivity index (χ4v) is 2.13. The van der Waals surface area contributed by atoms with Crippen LogP contribution < -0.4 is 5.32 Å². The lowest BCUT2D eigenvalue weighted by molar-refractivity contribution is 0.0694. The van der Waals surface area contributed by atoms with Gasteiger partial charge in [-0.15, -0.1) is 0 Å². The molecule has 0 bridgehead atoms. The lowest BCUT2D eigenvalue weighted by atomic mass is 10.0. The number of rotatable bonds is 9. The van der Waals surface area contributed by atoms with Crippen LogP contribution in [0.5, 0.6) is 0 Å². The van der Waals surface area contributed by atoms with E-state index in [9.17, 15) is 15.0 Å². The van der Waals surface area contributed by atoms with E-state index in [0.29, 0.717) is 29.0 Å². The van der Waals surface area contributed by atoms with Gasteiger partial charge in [0, 0.05) is 24.0 Å². The minimum Gasteiger partial charge on any atom is -0.512 e. The van der Waals surface area contributed by atoms with Crippen molar-refractivity contribution in [2.75, 3.05) is 6.54 Å². The van der Waals surface area contributed by atoms with Crippen LogP contribution in [0.25, 0.3) is 6.08 Å². The van der Waals surface area contributed by atoms with Crippen molar-refractivity contribution in [1.82, 2.24) is 10.3 Å². The smallest absolute Gasteiger partial charge is 0.252 e. The van der Waals surface area contributed by atoms with Crippen molar-refractivity contribution in [1.29, 1.82) is 5.41 Å². The molecule has 0 saturated carbocycles. The third-order valence-electron chi connectivity index (χ3n) is 3.65. The Bertz CT molecular complexity index is 679. The molecule has 6 heteroatoms. The second-order valence-corrected chi connectivity index (χ2v) is 6.88. The topological polar surface area (TPSA) is 106 Å². The summed E-state index contributed by atoms with van der Waals surface area (Å²) in [4.78, 5) is 16.2. The average molecular weight is 359 g/mol. The van der Waals surface area contributed by atoms with Gasteiger partial charge in [-0.05, 0) is 57.9 Å². The number of carbonyl (C=O) groups is 1. The number of allylic oxidation sites excluding steroid dienone is 3. The second kappa shape index (κ2) is 9.87. The molecule has 142 valence electrons. The summed E-state index contributed by atoms with van der Waals surface area (Å²) < 4.78 is 0. The number of unbranched alkanes of at least 4 members (excludes halogenated alkanes) is 1. The first-order valence-corrected chi connectivity index (χ1v) is 8.76. The van der Waals surface area contributed by atoms with Crippen molar-refractivity contribution in [2.24, 2.45) is 0 Å². The summed E-state index contributed by atoms with van der Waals surface area (Å²) in [5.41, 5.74) is 0.930. The first-order chi connectivity index (χ1) is 12.1. The molecular weight excluding hydrogens is 330 g/mol. The molecule has 1 amide bonds. The normalized spacial score (nSPS) is 12.8. The monoisotopic (exact) mass is 359 g/mol. The summed E-state index contributed by atoms with van der Waals surface area (Å²) in [6, 6.07) is 3.33. The number of nitrogens with one attached hydrogen (secondary N) is 2. The first-order valence-electron chi connectivity index (χ1n) is 8.76. The van der Waals surface area contributed by atoms with E-state index < -0.39 is 5.60 Å². The first kappa shape index (κ1) is 21.6. The summed E-state index contributed by atoms with van der Waals surface area (Å²) in [6.45, 7) is 7.00. The maximum atomic E-state index is 12.0. The van der Waals surface area contributed by atoms with Gasteiger partial charge in [0.2, 0.25) is 0 Å². The summed E-state index contributed by atoms with van der Waals surface area (Å²) in [5, 5.41) is 30.1. The summed E-state index contributed by atoms with van der Waals surface area (Å²) >= 11 is 0. The molecule has 1 rings (SSSR count). The van der Waals surface area contributed by atoms with E-state index in [1.54, 1.807) is 45.1 Å². The number of aliphatic hydroxyl groups excluding tert-OH is 1. The van der Waals surface area contributed by atoms with Gasteiger partial charge in [-0.25, -0.2) is 0 Å². The van der Waals surface area contributed by atoms with Crippen LogP contribution in [-0.2, 0) is 0 Å². The van der Waals surface area contributed by atoms with Gasteiger partial charge in [-0.2, -0.15) is 0 Å². The largest absolute Gasteiger partial charge is 0.512 e. The lowest BCUT2D eigenvalue weighted by Crippen LogP contribution is -2.38. The Balaban J connectivity index is 2.79. The van der Waals surface area contributed by atoms with Crippen LogP contribution in [0.3, 0.4) is 0 Å². The number of pyridine rings is 1. The van der Waals surface area contributed by atoms with Gasteiger partial charge in [-0.1, -0.05) is 13.3 Å². The Morgan fingerprint density at radius 2 is 2.08 bits per heavy atom. The quantitative estimate of drug-likeness (QED) is 0.307. The third kappa shape index (κ3) is 7.61. The molecule has 0 radical (unpaired) electrons. The summed E-state index contributed by atoms with van der Waals surface area (Å²) in [6.07, 6.45) is 7.33. The van der Waals surface area contributed by atoms with E-state index in [-0.39, 0.29) is 18.2 Å². The van der Waals surface area contributed by atoms with E-state index in [2.05, 4.69) is 17.2 Å². The molecule has 4 N–H and O–H groups in total. The summed E-state index contributed by atoms with van der Waals surface area (Å²) in [7, 11) is 0. The fourth-order valence-electron chi connectivity index (χ4n) is 2.13. The van der Waals surface area contributed by atoms with Crippen LogP contribution in [0.4, 0.5) is 0 Å². The highest BCUT2D eigenvalue weighted by atomic mass is 16.3. The van der Waals surface area contributed by atoms with Gasteiger partial charge in [-0.3, -0.25) is 9.78 Å². The number of aliphatic hydroxyl groups is 2. The molecule has 1 heterocycles. The highest BCUT2D eigenvalue weighted by Gasteiger charge is 2.14. The summed E-state index contributed by atoms with van der Waals surface area (Å²) in [5.74, 6) is -0.201. The number of nitrogens with zero attached hydrogens (tertiary/aromatic N) is 1. The van der Waals surface area contributed by atoms with Crippen molar-refractivity contribution < 1.29 is 15.0 Å². The molecule has 6 nitrogen and oxygen atoms in total. The number of aromatic nitrogens is 1. The number of carbonyl (C=O) groups excluding carboxylic acids is 1. The highest BCUT2D eigenvalue weighted by molar-refractivity contribution is 6.01. The highest BCUT2D eigenvalue weighted by Crippen LogP contribution is 2.13. The fraction of sp³-hybridized carbons (Fsp3) is 0.450. The van der Waals surface area contributed by atoms with Crippen LogP contribution in [-0.4, -0.2) is 39.0 Å². The van der Waals surface area contributed by atoms with Gasteiger partial charge >= 0.3 is 0 Å². The molecule has 1 aromatic heterocycles. The van der Waals surface area contributed by atoms with Gasteiger partial charge in [0.1, 0.15) is 0 Å². The zero-order valence-corrected chi connectivity index (χ0v) is 16.0. The Hall–Kier alpha value is -2.47. The minimum absolute atomic E-state index is 0.102. The average Bonchev–Trinajstić information content (AvgIpc) is 2.57. The maximum Gasteiger partial charge on any atom is 0.252 e. The Labute approximate surface area is 155 Å². The van der Waals surface area contributed by atoms with Gasteiger partial charge in [0.25, 0.3) is 5.91 Å². The molecule has 0 fully saturated rings. The van der Waals surface area contributed by atoms with Crippen LogP contribution in [0, 0.1) is 5.41 Å². The Kier molecular flexibility index (Phi) is 8.19. The maximum absolute atomic E-state index is 12.0. The van der Waals surface area contributed by atoms with Crippen LogP contribution in [0.15, 0.2) is 35.7 Å². The van der Waals surface area contributed by atoms with Crippen molar-refractivity contribution in [3.63, 3.8) is 0 Å². The molecule has 0 atom stereocenters. The molecule has 0 spiro atoms. The zero-order chi connectivity index (χ0) is 19.7. The van der Waals surface area contributed by atoms with Crippen LogP contribution in [0.1, 0.15) is 63.0 Å². The van der Waals surface area contributed by atoms with Gasteiger partial charge in [0.05, 0.1) is 22.6 Å². The van der Waals surface area contributed by atoms with Crippen molar-refractivity contribution in [3.8, 4) is 0 Å². The molecule has 1 aromatic rings. The Morgan fingerprint density at radius 1 is 1.38 bits per heavy atom. The SMILES string of the molecule is CCCCC(=N)C(/C=C/c1ccc(C(=O)NCC(C)(C)O)cn1)=C(/C)O.